The summed E-state index contributed by atoms with van der Waals surface area (Å²) in [7, 11) is 0. The Kier molecular flexibility index (Phi) is 11.0. The lowest BCUT2D eigenvalue weighted by atomic mass is 9.76. The lowest BCUT2D eigenvalue weighted by Gasteiger charge is -2.31. The summed E-state index contributed by atoms with van der Waals surface area (Å²) in [5.41, 5.74) is -1.17. The molecular formula is C21H40O4. The van der Waals surface area contributed by atoms with Crippen LogP contribution in [0.15, 0.2) is 0 Å². The molecule has 0 aliphatic rings. The van der Waals surface area contributed by atoms with E-state index in [0.29, 0.717) is 37.9 Å². The largest absolute Gasteiger partial charge is 0.465 e. The van der Waals surface area contributed by atoms with Crippen LogP contribution < -0.4 is 0 Å². The second-order valence-electron chi connectivity index (χ2n) is 8.93. The number of hydrogen-bond acceptors (Lipinski definition) is 4. The molecule has 0 unspecified atom stereocenters. The molecule has 0 atom stereocenters. The Bertz CT molecular complexity index is 359. The second-order valence-corrected chi connectivity index (χ2v) is 8.93. The van der Waals surface area contributed by atoms with Crippen LogP contribution in [0.25, 0.3) is 0 Å². The van der Waals surface area contributed by atoms with E-state index in [4.69, 9.17) is 9.47 Å². The molecule has 0 saturated heterocycles. The minimum absolute atomic E-state index is 0.239. The van der Waals surface area contributed by atoms with E-state index in [2.05, 4.69) is 27.7 Å². The van der Waals surface area contributed by atoms with Crippen LogP contribution in [0.1, 0.15) is 81.1 Å². The molecule has 0 radical (unpaired) electrons. The highest BCUT2D eigenvalue weighted by atomic mass is 16.6. The van der Waals surface area contributed by atoms with Crippen LogP contribution in [0.3, 0.4) is 0 Å². The molecule has 4 heteroatoms. The van der Waals surface area contributed by atoms with Crippen LogP contribution in [0, 0.1) is 29.1 Å². The van der Waals surface area contributed by atoms with E-state index in [1.807, 2.05) is 27.7 Å². The zero-order valence-electron chi connectivity index (χ0n) is 17.7. The number of carbonyl (C=O) groups excluding carboxylic acids is 2. The molecule has 0 aliphatic carbocycles. The molecule has 0 aromatic heterocycles. The Balaban J connectivity index is 5.50. The lowest BCUT2D eigenvalue weighted by Crippen LogP contribution is -2.43. The van der Waals surface area contributed by atoms with E-state index < -0.39 is 17.4 Å². The second kappa shape index (κ2) is 11.5. The van der Waals surface area contributed by atoms with E-state index >= 15 is 0 Å². The Labute approximate surface area is 155 Å². The summed E-state index contributed by atoms with van der Waals surface area (Å²) < 4.78 is 11.0. The molecule has 0 aromatic carbocycles. The summed E-state index contributed by atoms with van der Waals surface area (Å²) in [4.78, 5) is 25.9. The summed E-state index contributed by atoms with van der Waals surface area (Å²) in [5.74, 6) is 0.489. The Morgan fingerprint density at radius 3 is 1.20 bits per heavy atom. The molecule has 0 aromatic rings. The van der Waals surface area contributed by atoms with Crippen LogP contribution in [0.2, 0.25) is 0 Å². The molecule has 148 valence electrons. The minimum atomic E-state index is -1.17. The van der Waals surface area contributed by atoms with E-state index in [-0.39, 0.29) is 11.8 Å². The summed E-state index contributed by atoms with van der Waals surface area (Å²) in [6.45, 7) is 17.1. The zero-order valence-corrected chi connectivity index (χ0v) is 17.7. The summed E-state index contributed by atoms with van der Waals surface area (Å²) >= 11 is 0. The van der Waals surface area contributed by atoms with Gasteiger partial charge in [-0.05, 0) is 49.4 Å². The van der Waals surface area contributed by atoms with E-state index in [1.165, 1.54) is 0 Å². The van der Waals surface area contributed by atoms with Crippen LogP contribution in [-0.2, 0) is 19.1 Å². The number of hydrogen-bond donors (Lipinski definition) is 0. The minimum Gasteiger partial charge on any atom is -0.465 e. The van der Waals surface area contributed by atoms with Crippen molar-refractivity contribution in [2.24, 2.45) is 29.1 Å². The first-order chi connectivity index (χ1) is 11.5. The van der Waals surface area contributed by atoms with Gasteiger partial charge in [0.15, 0.2) is 5.41 Å². The van der Waals surface area contributed by atoms with Gasteiger partial charge >= 0.3 is 11.9 Å². The van der Waals surface area contributed by atoms with Gasteiger partial charge in [-0.2, -0.15) is 0 Å². The van der Waals surface area contributed by atoms with Crippen molar-refractivity contribution in [2.45, 2.75) is 81.1 Å². The monoisotopic (exact) mass is 356 g/mol. The van der Waals surface area contributed by atoms with E-state index in [0.717, 1.165) is 12.8 Å². The van der Waals surface area contributed by atoms with Crippen molar-refractivity contribution < 1.29 is 19.1 Å². The first-order valence-corrected chi connectivity index (χ1v) is 9.85. The molecule has 4 nitrogen and oxygen atoms in total. The van der Waals surface area contributed by atoms with Gasteiger partial charge in [-0.15, -0.1) is 0 Å². The van der Waals surface area contributed by atoms with Crippen molar-refractivity contribution >= 4 is 11.9 Å². The lowest BCUT2D eigenvalue weighted by molar-refractivity contribution is -0.175. The fraction of sp³-hybridized carbons (Fsp3) is 0.905. The third-order valence-electron chi connectivity index (χ3n) is 4.17. The number of ether oxygens (including phenoxy) is 2. The van der Waals surface area contributed by atoms with Gasteiger partial charge in [0.05, 0.1) is 13.2 Å². The number of carbonyl (C=O) groups is 2. The highest BCUT2D eigenvalue weighted by Crippen LogP contribution is 2.36. The van der Waals surface area contributed by atoms with Gasteiger partial charge in [0.2, 0.25) is 0 Å². The van der Waals surface area contributed by atoms with Crippen molar-refractivity contribution in [1.82, 2.24) is 0 Å². The summed E-state index contributed by atoms with van der Waals surface area (Å²) in [6.07, 6.45) is 2.58. The smallest absolute Gasteiger partial charge is 0.323 e. The molecule has 0 saturated carbocycles. The number of rotatable bonds is 12. The third-order valence-corrected chi connectivity index (χ3v) is 4.17. The third kappa shape index (κ3) is 9.27. The van der Waals surface area contributed by atoms with Gasteiger partial charge in [0, 0.05) is 0 Å². The summed E-state index contributed by atoms with van der Waals surface area (Å²) in [6, 6.07) is 0. The molecule has 25 heavy (non-hydrogen) atoms. The Hall–Kier alpha value is -1.06. The fourth-order valence-electron chi connectivity index (χ4n) is 2.45. The van der Waals surface area contributed by atoms with Gasteiger partial charge in [0.25, 0.3) is 0 Å². The fourth-order valence-corrected chi connectivity index (χ4v) is 2.45. The normalized spacial score (nSPS) is 12.3. The van der Waals surface area contributed by atoms with Crippen LogP contribution >= 0.6 is 0 Å². The molecule has 0 heterocycles. The molecule has 0 amide bonds. The predicted molar refractivity (Wildman–Crippen MR) is 102 cm³/mol. The maximum Gasteiger partial charge on any atom is 0.323 e. The zero-order chi connectivity index (χ0) is 19.6. The Morgan fingerprint density at radius 1 is 0.640 bits per heavy atom. The SMILES string of the molecule is CC(C)CCC(CCC(C)C)(C(=O)OCC(C)C)C(=O)OCC(C)C. The van der Waals surface area contributed by atoms with Crippen LogP contribution in [0.4, 0.5) is 0 Å². The van der Waals surface area contributed by atoms with Gasteiger partial charge in [-0.1, -0.05) is 55.4 Å². The Morgan fingerprint density at radius 2 is 0.960 bits per heavy atom. The maximum atomic E-state index is 13.0. The van der Waals surface area contributed by atoms with E-state index in [9.17, 15) is 9.59 Å². The average Bonchev–Trinajstić information content (AvgIpc) is 2.50. The quantitative estimate of drug-likeness (QED) is 0.354. The van der Waals surface area contributed by atoms with Gasteiger partial charge in [0.1, 0.15) is 0 Å². The van der Waals surface area contributed by atoms with Crippen LogP contribution in [0.5, 0.6) is 0 Å². The summed E-state index contributed by atoms with van der Waals surface area (Å²) in [5, 5.41) is 0. The first-order valence-electron chi connectivity index (χ1n) is 9.85. The standard InChI is InChI=1S/C21H40O4/c1-15(2)9-11-21(12-10-16(3)4,19(22)24-13-17(5)6)20(23)25-14-18(7)8/h15-18H,9-14H2,1-8H3. The van der Waals surface area contributed by atoms with Gasteiger partial charge in [-0.25, -0.2) is 0 Å². The maximum absolute atomic E-state index is 13.0. The highest BCUT2D eigenvalue weighted by Gasteiger charge is 2.48. The van der Waals surface area contributed by atoms with Crippen molar-refractivity contribution in [2.75, 3.05) is 13.2 Å². The molecule has 0 N–H and O–H groups in total. The topological polar surface area (TPSA) is 52.6 Å². The number of esters is 2. The highest BCUT2D eigenvalue weighted by molar-refractivity contribution is 6.00. The molecule has 0 aliphatic heterocycles. The molecule has 0 rings (SSSR count). The van der Waals surface area contributed by atoms with Crippen molar-refractivity contribution in [1.29, 1.82) is 0 Å². The molecule has 0 fully saturated rings. The average molecular weight is 357 g/mol. The molecular weight excluding hydrogens is 316 g/mol. The van der Waals surface area contributed by atoms with Crippen molar-refractivity contribution in [3.8, 4) is 0 Å². The molecule has 0 bridgehead atoms. The van der Waals surface area contributed by atoms with Crippen LogP contribution in [-0.4, -0.2) is 25.2 Å². The van der Waals surface area contributed by atoms with Gasteiger partial charge < -0.3 is 9.47 Å². The van der Waals surface area contributed by atoms with E-state index in [1.54, 1.807) is 0 Å². The van der Waals surface area contributed by atoms with Crippen molar-refractivity contribution in [3.63, 3.8) is 0 Å². The van der Waals surface area contributed by atoms with Crippen molar-refractivity contribution in [3.05, 3.63) is 0 Å². The predicted octanol–water partition coefficient (Wildman–Crippen LogP) is 5.24. The van der Waals surface area contributed by atoms with Gasteiger partial charge in [-0.3, -0.25) is 9.59 Å². The first kappa shape index (κ1) is 23.9. The molecule has 0 spiro atoms.